The van der Waals surface area contributed by atoms with E-state index in [0.717, 1.165) is 32.1 Å². The molecule has 0 heterocycles. The van der Waals surface area contributed by atoms with Crippen LogP contribution in [0, 0.1) is 11.8 Å². The van der Waals surface area contributed by atoms with Crippen LogP contribution in [0.2, 0.25) is 0 Å². The van der Waals surface area contributed by atoms with Crippen LogP contribution in [0.3, 0.4) is 0 Å². The molecule has 0 saturated heterocycles. The van der Waals surface area contributed by atoms with Gasteiger partial charge in [-0.05, 0) is 18.8 Å². The lowest BCUT2D eigenvalue weighted by Crippen LogP contribution is -2.21. The normalized spacial score (nSPS) is 14.7. The topological polar surface area (TPSA) is 37.3 Å². The van der Waals surface area contributed by atoms with Crippen molar-refractivity contribution in [1.82, 2.24) is 0 Å². The summed E-state index contributed by atoms with van der Waals surface area (Å²) >= 11 is 0. The molecule has 1 N–H and O–H groups in total. The van der Waals surface area contributed by atoms with Crippen molar-refractivity contribution < 1.29 is 9.90 Å². The Kier molecular flexibility index (Phi) is 9.36. The first kappa shape index (κ1) is 15.5. The van der Waals surface area contributed by atoms with Crippen molar-refractivity contribution in [3.05, 3.63) is 0 Å². The van der Waals surface area contributed by atoms with Crippen LogP contribution in [0.4, 0.5) is 0 Å². The minimum absolute atomic E-state index is 0.122. The summed E-state index contributed by atoms with van der Waals surface area (Å²) in [6, 6.07) is 0. The molecule has 0 amide bonds. The van der Waals surface area contributed by atoms with Crippen molar-refractivity contribution in [1.29, 1.82) is 0 Å². The first-order valence-electron chi connectivity index (χ1n) is 6.86. The maximum absolute atomic E-state index is 11.2. The Morgan fingerprint density at radius 2 is 1.50 bits per heavy atom. The quantitative estimate of drug-likeness (QED) is 0.560. The third-order valence-corrected chi connectivity index (χ3v) is 3.39. The summed E-state index contributed by atoms with van der Waals surface area (Å²) in [5, 5.41) is 9.20. The molecule has 0 radical (unpaired) electrons. The van der Waals surface area contributed by atoms with Gasteiger partial charge in [0.15, 0.2) is 0 Å². The van der Waals surface area contributed by atoms with Crippen LogP contribution >= 0.6 is 0 Å². The van der Waals surface area contributed by atoms with Gasteiger partial charge in [0.25, 0.3) is 0 Å². The summed E-state index contributed by atoms with van der Waals surface area (Å²) in [6.45, 7) is 6.43. The van der Waals surface area contributed by atoms with Gasteiger partial charge < -0.3 is 5.11 Å². The molecule has 0 fully saturated rings. The molecule has 0 aromatic carbocycles. The molecule has 0 spiro atoms. The van der Waals surface area contributed by atoms with Gasteiger partial charge in [-0.2, -0.15) is 0 Å². The van der Waals surface area contributed by atoms with Gasteiger partial charge in [0.2, 0.25) is 0 Å². The number of aliphatic carboxylic acids is 1. The van der Waals surface area contributed by atoms with Crippen LogP contribution in [-0.4, -0.2) is 11.1 Å². The number of unbranched alkanes of at least 4 members (excludes halogenated alkanes) is 4. The fraction of sp³-hybridized carbons (Fsp3) is 0.929. The van der Waals surface area contributed by atoms with E-state index in [1.165, 1.54) is 19.3 Å². The molecule has 0 aliphatic heterocycles. The lowest BCUT2D eigenvalue weighted by atomic mass is 9.85. The molecule has 16 heavy (non-hydrogen) atoms. The Hall–Kier alpha value is -0.530. The molecule has 0 rings (SSSR count). The third-order valence-electron chi connectivity index (χ3n) is 3.39. The van der Waals surface area contributed by atoms with Gasteiger partial charge in [-0.1, -0.05) is 59.3 Å². The summed E-state index contributed by atoms with van der Waals surface area (Å²) in [7, 11) is 0. The largest absolute Gasteiger partial charge is 0.481 e. The van der Waals surface area contributed by atoms with Crippen molar-refractivity contribution in [2.45, 2.75) is 72.1 Å². The van der Waals surface area contributed by atoms with Crippen molar-refractivity contribution in [3.63, 3.8) is 0 Å². The van der Waals surface area contributed by atoms with Gasteiger partial charge in [-0.25, -0.2) is 0 Å². The van der Waals surface area contributed by atoms with Gasteiger partial charge >= 0.3 is 5.97 Å². The van der Waals surface area contributed by atoms with E-state index < -0.39 is 5.97 Å². The fourth-order valence-corrected chi connectivity index (χ4v) is 2.18. The molecule has 2 unspecified atom stereocenters. The lowest BCUT2D eigenvalue weighted by molar-refractivity contribution is -0.143. The molecule has 0 aliphatic carbocycles. The summed E-state index contributed by atoms with van der Waals surface area (Å²) in [4.78, 5) is 11.2. The van der Waals surface area contributed by atoms with Crippen LogP contribution in [0.25, 0.3) is 0 Å². The number of rotatable bonds is 10. The van der Waals surface area contributed by atoms with Gasteiger partial charge in [-0.3, -0.25) is 4.79 Å². The van der Waals surface area contributed by atoms with E-state index in [-0.39, 0.29) is 5.92 Å². The number of carbonyl (C=O) groups is 1. The van der Waals surface area contributed by atoms with E-state index in [4.69, 9.17) is 0 Å². The van der Waals surface area contributed by atoms with E-state index in [0.29, 0.717) is 5.92 Å². The summed E-state index contributed by atoms with van der Waals surface area (Å²) in [5.41, 5.74) is 0. The highest BCUT2D eigenvalue weighted by Crippen LogP contribution is 2.24. The van der Waals surface area contributed by atoms with Crippen LogP contribution in [-0.2, 0) is 4.79 Å². The van der Waals surface area contributed by atoms with E-state index in [2.05, 4.69) is 20.8 Å². The molecule has 0 aliphatic rings. The van der Waals surface area contributed by atoms with E-state index in [9.17, 15) is 9.90 Å². The zero-order valence-electron chi connectivity index (χ0n) is 11.2. The number of hydrogen-bond donors (Lipinski definition) is 1. The van der Waals surface area contributed by atoms with E-state index >= 15 is 0 Å². The molecule has 2 atom stereocenters. The third kappa shape index (κ3) is 6.86. The van der Waals surface area contributed by atoms with Crippen LogP contribution < -0.4 is 0 Å². The maximum Gasteiger partial charge on any atom is 0.306 e. The smallest absolute Gasteiger partial charge is 0.306 e. The minimum atomic E-state index is -0.597. The van der Waals surface area contributed by atoms with Crippen molar-refractivity contribution in [2.75, 3.05) is 0 Å². The molecule has 2 nitrogen and oxygen atoms in total. The van der Waals surface area contributed by atoms with Crippen molar-refractivity contribution >= 4 is 5.97 Å². The Morgan fingerprint density at radius 1 is 1.00 bits per heavy atom. The Balaban J connectivity index is 3.93. The second kappa shape index (κ2) is 9.68. The van der Waals surface area contributed by atoms with E-state index in [1.54, 1.807) is 0 Å². The highest BCUT2D eigenvalue weighted by atomic mass is 16.4. The van der Waals surface area contributed by atoms with Gasteiger partial charge in [0.05, 0.1) is 5.92 Å². The molecule has 0 bridgehead atoms. The summed E-state index contributed by atoms with van der Waals surface area (Å²) in [5.74, 6) is -0.385. The average Bonchev–Trinajstić information content (AvgIpc) is 2.24. The van der Waals surface area contributed by atoms with Crippen LogP contribution in [0.15, 0.2) is 0 Å². The van der Waals surface area contributed by atoms with Crippen molar-refractivity contribution in [3.8, 4) is 0 Å². The van der Waals surface area contributed by atoms with Crippen LogP contribution in [0.5, 0.6) is 0 Å². The highest BCUT2D eigenvalue weighted by molar-refractivity contribution is 5.70. The fourth-order valence-electron chi connectivity index (χ4n) is 2.18. The molecule has 0 saturated carbocycles. The minimum Gasteiger partial charge on any atom is -0.481 e. The van der Waals surface area contributed by atoms with Gasteiger partial charge in [0.1, 0.15) is 0 Å². The Bertz CT molecular complexity index is 178. The molecular formula is C14H28O2. The Morgan fingerprint density at radius 3 is 1.94 bits per heavy atom. The average molecular weight is 228 g/mol. The van der Waals surface area contributed by atoms with Crippen molar-refractivity contribution in [2.24, 2.45) is 11.8 Å². The number of carboxylic acid groups (broad SMARTS) is 1. The standard InChI is InChI=1S/C14H28O2/c1-4-6-8-10-12(3)13(14(15)16)11-9-7-5-2/h12-13H,4-11H2,1-3H3,(H,15,16). The lowest BCUT2D eigenvalue weighted by Gasteiger charge is -2.19. The predicted octanol–water partition coefficient (Wildman–Crippen LogP) is 4.48. The molecule has 0 aromatic heterocycles. The van der Waals surface area contributed by atoms with Gasteiger partial charge in [-0.15, -0.1) is 0 Å². The molecule has 96 valence electrons. The first-order valence-corrected chi connectivity index (χ1v) is 6.86. The molecule has 2 heteroatoms. The molecular weight excluding hydrogens is 200 g/mol. The monoisotopic (exact) mass is 228 g/mol. The number of carboxylic acids is 1. The molecule has 0 aromatic rings. The maximum atomic E-state index is 11.2. The number of hydrogen-bond acceptors (Lipinski definition) is 1. The highest BCUT2D eigenvalue weighted by Gasteiger charge is 2.23. The predicted molar refractivity (Wildman–Crippen MR) is 68.6 cm³/mol. The summed E-state index contributed by atoms with van der Waals surface area (Å²) in [6.07, 6.45) is 8.92. The van der Waals surface area contributed by atoms with Gasteiger partial charge in [0, 0.05) is 0 Å². The zero-order valence-corrected chi connectivity index (χ0v) is 11.2. The second-order valence-corrected chi connectivity index (χ2v) is 4.91. The van der Waals surface area contributed by atoms with Crippen LogP contribution in [0.1, 0.15) is 72.1 Å². The summed E-state index contributed by atoms with van der Waals surface area (Å²) < 4.78 is 0. The first-order chi connectivity index (χ1) is 7.63. The Labute approximate surface area is 100 Å². The SMILES string of the molecule is CCCCCC(C)C(CCCCC)C(=O)O. The second-order valence-electron chi connectivity index (χ2n) is 4.91. The zero-order chi connectivity index (χ0) is 12.4. The van der Waals surface area contributed by atoms with E-state index in [1.807, 2.05) is 0 Å².